The van der Waals surface area contributed by atoms with E-state index in [1.807, 2.05) is 6.92 Å². The van der Waals surface area contributed by atoms with Gasteiger partial charge < -0.3 is 15.7 Å². The Labute approximate surface area is 107 Å². The Hall–Kier alpha value is -1.10. The minimum Gasteiger partial charge on any atom is -0.481 e. The van der Waals surface area contributed by atoms with Crippen molar-refractivity contribution in [1.29, 1.82) is 0 Å². The summed E-state index contributed by atoms with van der Waals surface area (Å²) in [7, 11) is 0. The molecule has 1 saturated carbocycles. The van der Waals surface area contributed by atoms with Crippen molar-refractivity contribution in [2.45, 2.75) is 39.0 Å². The van der Waals surface area contributed by atoms with Crippen LogP contribution in [0, 0.1) is 10.8 Å². The van der Waals surface area contributed by atoms with Crippen molar-refractivity contribution in [2.75, 3.05) is 19.6 Å². The number of amides is 1. The zero-order valence-corrected chi connectivity index (χ0v) is 10.9. The molecule has 0 radical (unpaired) electrons. The average Bonchev–Trinajstić information content (AvgIpc) is 2.27. The lowest BCUT2D eigenvalue weighted by atomic mass is 9.68. The van der Waals surface area contributed by atoms with Crippen LogP contribution in [0.3, 0.4) is 0 Å². The van der Waals surface area contributed by atoms with E-state index in [1.165, 1.54) is 0 Å². The smallest absolute Gasteiger partial charge is 0.311 e. The van der Waals surface area contributed by atoms with Crippen molar-refractivity contribution in [2.24, 2.45) is 10.8 Å². The number of carboxylic acids is 1. The molecule has 0 aromatic heterocycles. The van der Waals surface area contributed by atoms with Gasteiger partial charge in [0.05, 0.1) is 5.41 Å². The molecule has 5 heteroatoms. The zero-order valence-electron chi connectivity index (χ0n) is 10.9. The molecule has 18 heavy (non-hydrogen) atoms. The van der Waals surface area contributed by atoms with Gasteiger partial charge >= 0.3 is 5.97 Å². The molecule has 2 fully saturated rings. The molecule has 1 aliphatic carbocycles. The van der Waals surface area contributed by atoms with Crippen LogP contribution in [0.4, 0.5) is 0 Å². The Morgan fingerprint density at radius 3 is 2.28 bits per heavy atom. The van der Waals surface area contributed by atoms with Gasteiger partial charge in [-0.05, 0) is 38.8 Å². The number of rotatable bonds is 4. The van der Waals surface area contributed by atoms with E-state index in [9.17, 15) is 14.7 Å². The second kappa shape index (κ2) is 4.88. The van der Waals surface area contributed by atoms with E-state index in [0.29, 0.717) is 12.8 Å². The third-order valence-electron chi connectivity index (χ3n) is 4.61. The lowest BCUT2D eigenvalue weighted by molar-refractivity contribution is -0.154. The number of hydrogen-bond acceptors (Lipinski definition) is 3. The minimum absolute atomic E-state index is 0.0107. The summed E-state index contributed by atoms with van der Waals surface area (Å²) >= 11 is 0. The molecule has 3 N–H and O–H groups in total. The summed E-state index contributed by atoms with van der Waals surface area (Å²) in [6.07, 6.45) is 3.95. The molecule has 102 valence electrons. The molecule has 1 heterocycles. The van der Waals surface area contributed by atoms with Gasteiger partial charge in [-0.1, -0.05) is 13.3 Å². The van der Waals surface area contributed by atoms with E-state index in [1.54, 1.807) is 0 Å². The highest BCUT2D eigenvalue weighted by Gasteiger charge is 2.45. The van der Waals surface area contributed by atoms with Crippen LogP contribution < -0.4 is 10.6 Å². The number of hydrogen-bond donors (Lipinski definition) is 3. The molecule has 0 unspecified atom stereocenters. The van der Waals surface area contributed by atoms with Gasteiger partial charge in [-0.15, -0.1) is 0 Å². The molecule has 0 aromatic carbocycles. The van der Waals surface area contributed by atoms with E-state index >= 15 is 0 Å². The largest absolute Gasteiger partial charge is 0.481 e. The Morgan fingerprint density at radius 2 is 1.83 bits per heavy atom. The molecule has 1 amide bonds. The molecule has 0 bridgehead atoms. The van der Waals surface area contributed by atoms with Crippen molar-refractivity contribution in [1.82, 2.24) is 10.6 Å². The topological polar surface area (TPSA) is 78.4 Å². The van der Waals surface area contributed by atoms with Gasteiger partial charge in [0.15, 0.2) is 0 Å². The lowest BCUT2D eigenvalue weighted by Gasteiger charge is -2.39. The Morgan fingerprint density at radius 1 is 1.22 bits per heavy atom. The normalized spacial score (nSPS) is 24.9. The van der Waals surface area contributed by atoms with Crippen LogP contribution in [-0.2, 0) is 9.59 Å². The molecule has 2 aliphatic rings. The van der Waals surface area contributed by atoms with Crippen LogP contribution in [0.1, 0.15) is 39.0 Å². The summed E-state index contributed by atoms with van der Waals surface area (Å²) in [5.41, 5.74) is -1.03. The minimum atomic E-state index is -0.774. The quantitative estimate of drug-likeness (QED) is 0.691. The SMILES string of the molecule is CC1(C(=O)NCC2(C(=O)O)CCC2)CCNCC1. The monoisotopic (exact) mass is 254 g/mol. The van der Waals surface area contributed by atoms with Gasteiger partial charge in [-0.2, -0.15) is 0 Å². The zero-order chi connectivity index (χ0) is 13.2. The van der Waals surface area contributed by atoms with E-state index in [0.717, 1.165) is 32.4 Å². The molecular weight excluding hydrogens is 232 g/mol. The number of carbonyl (C=O) groups is 2. The van der Waals surface area contributed by atoms with Crippen molar-refractivity contribution in [3.8, 4) is 0 Å². The van der Waals surface area contributed by atoms with E-state index in [4.69, 9.17) is 0 Å². The molecule has 1 saturated heterocycles. The number of aliphatic carboxylic acids is 1. The summed E-state index contributed by atoms with van der Waals surface area (Å²) in [5.74, 6) is -0.763. The number of carbonyl (C=O) groups excluding carboxylic acids is 1. The fraction of sp³-hybridized carbons (Fsp3) is 0.846. The predicted octanol–water partition coefficient (Wildman–Crippen LogP) is 0.747. The van der Waals surface area contributed by atoms with Crippen LogP contribution in [0.2, 0.25) is 0 Å². The maximum absolute atomic E-state index is 12.2. The molecule has 5 nitrogen and oxygen atoms in total. The van der Waals surface area contributed by atoms with Crippen LogP contribution in [0.15, 0.2) is 0 Å². The van der Waals surface area contributed by atoms with Crippen LogP contribution in [0.25, 0.3) is 0 Å². The summed E-state index contributed by atoms with van der Waals surface area (Å²) < 4.78 is 0. The summed E-state index contributed by atoms with van der Waals surface area (Å²) in [6, 6.07) is 0. The van der Waals surface area contributed by atoms with Crippen molar-refractivity contribution in [3.63, 3.8) is 0 Å². The molecule has 0 spiro atoms. The summed E-state index contributed by atoms with van der Waals surface area (Å²) in [5, 5.41) is 15.3. The first-order valence-electron chi connectivity index (χ1n) is 6.71. The molecule has 0 aromatic rings. The maximum Gasteiger partial charge on any atom is 0.311 e. The van der Waals surface area contributed by atoms with E-state index in [2.05, 4.69) is 10.6 Å². The molecule has 2 rings (SSSR count). The highest BCUT2D eigenvalue weighted by molar-refractivity contribution is 5.83. The fourth-order valence-corrected chi connectivity index (χ4v) is 2.74. The van der Waals surface area contributed by atoms with Gasteiger partial charge in [-0.25, -0.2) is 0 Å². The van der Waals surface area contributed by atoms with Gasteiger partial charge in [0.2, 0.25) is 5.91 Å². The second-order valence-electron chi connectivity index (χ2n) is 5.93. The molecular formula is C13H22N2O3. The summed E-state index contributed by atoms with van der Waals surface area (Å²) in [6.45, 7) is 3.96. The Bertz CT molecular complexity index is 344. The summed E-state index contributed by atoms with van der Waals surface area (Å²) in [4.78, 5) is 23.4. The number of nitrogens with one attached hydrogen (secondary N) is 2. The third-order valence-corrected chi connectivity index (χ3v) is 4.61. The average molecular weight is 254 g/mol. The maximum atomic E-state index is 12.2. The fourth-order valence-electron chi connectivity index (χ4n) is 2.74. The highest BCUT2D eigenvalue weighted by atomic mass is 16.4. The van der Waals surface area contributed by atoms with Crippen LogP contribution in [0.5, 0.6) is 0 Å². The van der Waals surface area contributed by atoms with E-state index in [-0.39, 0.29) is 17.9 Å². The van der Waals surface area contributed by atoms with Crippen molar-refractivity contribution >= 4 is 11.9 Å². The van der Waals surface area contributed by atoms with Crippen LogP contribution in [-0.4, -0.2) is 36.6 Å². The van der Waals surface area contributed by atoms with Crippen molar-refractivity contribution < 1.29 is 14.7 Å². The van der Waals surface area contributed by atoms with Crippen LogP contribution >= 0.6 is 0 Å². The van der Waals surface area contributed by atoms with Gasteiger partial charge in [0, 0.05) is 12.0 Å². The van der Waals surface area contributed by atoms with Crippen molar-refractivity contribution in [3.05, 3.63) is 0 Å². The second-order valence-corrected chi connectivity index (χ2v) is 5.93. The van der Waals surface area contributed by atoms with Gasteiger partial charge in [0.1, 0.15) is 0 Å². The lowest BCUT2D eigenvalue weighted by Crippen LogP contribution is -2.52. The first-order chi connectivity index (χ1) is 8.49. The Balaban J connectivity index is 1.89. The third kappa shape index (κ3) is 2.36. The molecule has 0 atom stereocenters. The van der Waals surface area contributed by atoms with Gasteiger partial charge in [0.25, 0.3) is 0 Å². The van der Waals surface area contributed by atoms with E-state index < -0.39 is 11.4 Å². The molecule has 1 aliphatic heterocycles. The standard InChI is InChI=1S/C13H22N2O3/c1-12(5-7-14-8-6-12)10(16)15-9-13(11(17)18)3-2-4-13/h14H,2-9H2,1H3,(H,15,16)(H,17,18). The first-order valence-corrected chi connectivity index (χ1v) is 6.71. The predicted molar refractivity (Wildman–Crippen MR) is 67.1 cm³/mol. The highest BCUT2D eigenvalue weighted by Crippen LogP contribution is 2.40. The first kappa shape index (κ1) is 13.3. The number of piperidine rings is 1. The van der Waals surface area contributed by atoms with Gasteiger partial charge in [-0.3, -0.25) is 9.59 Å². The Kier molecular flexibility index (Phi) is 3.61. The number of carboxylic acid groups (broad SMARTS) is 1.